The van der Waals surface area contributed by atoms with Gasteiger partial charge in [0, 0.05) is 9.93 Å². The van der Waals surface area contributed by atoms with Crippen LogP contribution in [0.15, 0.2) is 58.0 Å². The number of hydrogen-bond acceptors (Lipinski definition) is 6. The second-order valence-electron chi connectivity index (χ2n) is 7.86. The second kappa shape index (κ2) is 10.5. The van der Waals surface area contributed by atoms with Crippen LogP contribution in [-0.4, -0.2) is 63.3 Å². The highest BCUT2D eigenvalue weighted by atomic mass is 35.5. The Morgan fingerprint density at radius 1 is 1.23 bits per heavy atom. The van der Waals surface area contributed by atoms with Gasteiger partial charge < -0.3 is 25.2 Å². The summed E-state index contributed by atoms with van der Waals surface area (Å²) >= 11 is 8.38. The number of ether oxygens (including phenoxy) is 1. The van der Waals surface area contributed by atoms with E-state index in [1.54, 1.807) is 12.2 Å². The average Bonchev–Trinajstić information content (AvgIpc) is 2.75. The Labute approximate surface area is 186 Å². The fourth-order valence-electron chi connectivity index (χ4n) is 3.74. The maximum Gasteiger partial charge on any atom is 0.113 e. The van der Waals surface area contributed by atoms with E-state index >= 15 is 0 Å². The summed E-state index contributed by atoms with van der Waals surface area (Å²) in [6.07, 6.45) is 0.292. The number of aliphatic hydroxyl groups is 4. The lowest BCUT2D eigenvalue weighted by Crippen LogP contribution is -2.58. The third-order valence-corrected chi connectivity index (χ3v) is 7.20. The molecule has 2 aliphatic rings. The van der Waals surface area contributed by atoms with Crippen molar-refractivity contribution in [1.29, 1.82) is 0 Å². The Bertz CT molecular complexity index is 835. The van der Waals surface area contributed by atoms with E-state index in [1.165, 1.54) is 28.2 Å². The fourth-order valence-corrected chi connectivity index (χ4v) is 4.89. The molecule has 0 amide bonds. The van der Waals surface area contributed by atoms with Crippen LogP contribution in [0, 0.1) is 0 Å². The molecule has 5 atom stereocenters. The molecule has 3 rings (SSSR count). The van der Waals surface area contributed by atoms with E-state index in [9.17, 15) is 20.4 Å². The van der Waals surface area contributed by atoms with Crippen LogP contribution in [0.25, 0.3) is 0 Å². The van der Waals surface area contributed by atoms with Gasteiger partial charge in [-0.05, 0) is 60.8 Å². The molecule has 2 aliphatic heterocycles. The number of benzene rings is 1. The van der Waals surface area contributed by atoms with Crippen LogP contribution < -0.4 is 0 Å². The minimum absolute atomic E-state index is 0.392. The largest absolute Gasteiger partial charge is 0.394 e. The molecule has 0 spiro atoms. The van der Waals surface area contributed by atoms with Crippen LogP contribution in [0.1, 0.15) is 24.5 Å². The van der Waals surface area contributed by atoms with Gasteiger partial charge in [0.25, 0.3) is 0 Å². The molecule has 1 aromatic rings. The lowest BCUT2D eigenvalue weighted by Gasteiger charge is -2.40. The summed E-state index contributed by atoms with van der Waals surface area (Å²) < 4.78 is 5.51. The number of rotatable bonds is 6. The molecule has 0 aromatic heterocycles. The van der Waals surface area contributed by atoms with Crippen LogP contribution in [0.3, 0.4) is 0 Å². The maximum atomic E-state index is 10.2. The average molecular weight is 453 g/mol. The third kappa shape index (κ3) is 5.37. The zero-order valence-electron chi connectivity index (χ0n) is 17.0. The molecule has 4 N–H and O–H groups in total. The Morgan fingerprint density at radius 2 is 2.00 bits per heavy atom. The van der Waals surface area contributed by atoms with Crippen LogP contribution in [0.5, 0.6) is 0 Å². The Hall–Kier alpha value is -1.12. The first-order valence-corrected chi connectivity index (χ1v) is 11.5. The highest BCUT2D eigenvalue weighted by Crippen LogP contribution is 2.31. The molecule has 1 saturated heterocycles. The monoisotopic (exact) mass is 452 g/mol. The molecule has 0 radical (unpaired) electrons. The molecular formula is C23H29ClO5S. The molecule has 5 nitrogen and oxygen atoms in total. The van der Waals surface area contributed by atoms with Gasteiger partial charge in [-0.1, -0.05) is 42.0 Å². The molecule has 1 fully saturated rings. The summed E-state index contributed by atoms with van der Waals surface area (Å²) in [4.78, 5) is 1.37. The molecule has 5 unspecified atom stereocenters. The van der Waals surface area contributed by atoms with Crippen LogP contribution >= 0.6 is 23.4 Å². The van der Waals surface area contributed by atoms with Crippen LogP contribution in [0.2, 0.25) is 0 Å². The van der Waals surface area contributed by atoms with Gasteiger partial charge >= 0.3 is 0 Å². The minimum atomic E-state index is -1.43. The molecule has 7 heteroatoms. The normalized spacial score (nSPS) is 30.1. The van der Waals surface area contributed by atoms with E-state index in [0.717, 1.165) is 18.4 Å². The lowest BCUT2D eigenvalue weighted by molar-refractivity contribution is -0.218. The molecule has 164 valence electrons. The number of halogens is 1. The number of thioether (sulfide) groups is 1. The number of aryl methyl sites for hydroxylation is 1. The van der Waals surface area contributed by atoms with Gasteiger partial charge in [-0.25, -0.2) is 0 Å². The second-order valence-corrected chi connectivity index (χ2v) is 9.40. The summed E-state index contributed by atoms with van der Waals surface area (Å²) in [5, 5.41) is 39.9. The zero-order chi connectivity index (χ0) is 21.8. The SMILES string of the molecule is C=C(C=CC(Cl)=C(C)Cc1ccc2c(c1)CCCS2)C1OC(CO)C(O)C(O)C1O. The molecule has 0 aliphatic carbocycles. The summed E-state index contributed by atoms with van der Waals surface area (Å²) in [7, 11) is 0. The number of fused-ring (bicyclic) bond motifs is 1. The van der Waals surface area contributed by atoms with Crippen LogP contribution in [-0.2, 0) is 17.6 Å². The van der Waals surface area contributed by atoms with Gasteiger partial charge in [0.15, 0.2) is 0 Å². The lowest BCUT2D eigenvalue weighted by atomic mass is 9.91. The van der Waals surface area contributed by atoms with Gasteiger partial charge in [-0.2, -0.15) is 0 Å². The highest BCUT2D eigenvalue weighted by molar-refractivity contribution is 7.99. The van der Waals surface area contributed by atoms with Gasteiger partial charge in [0.1, 0.15) is 30.5 Å². The summed E-state index contributed by atoms with van der Waals surface area (Å²) in [5.74, 6) is 1.18. The predicted molar refractivity (Wildman–Crippen MR) is 120 cm³/mol. The molecular weight excluding hydrogens is 424 g/mol. The van der Waals surface area contributed by atoms with Crippen molar-refractivity contribution >= 4 is 23.4 Å². The molecule has 2 heterocycles. The van der Waals surface area contributed by atoms with Crippen molar-refractivity contribution in [1.82, 2.24) is 0 Å². The summed E-state index contributed by atoms with van der Waals surface area (Å²) in [5.41, 5.74) is 4.01. The highest BCUT2D eigenvalue weighted by Gasteiger charge is 2.43. The number of hydrogen-bond donors (Lipinski definition) is 4. The Kier molecular flexibility index (Phi) is 8.21. The Morgan fingerprint density at radius 3 is 2.73 bits per heavy atom. The van der Waals surface area contributed by atoms with E-state index in [1.807, 2.05) is 18.7 Å². The fraction of sp³-hybridized carbons (Fsp3) is 0.478. The molecule has 0 bridgehead atoms. The van der Waals surface area contributed by atoms with E-state index < -0.39 is 37.1 Å². The predicted octanol–water partition coefficient (Wildman–Crippen LogP) is 2.74. The first-order valence-electron chi connectivity index (χ1n) is 10.1. The summed E-state index contributed by atoms with van der Waals surface area (Å²) in [6.45, 7) is 5.39. The van der Waals surface area contributed by atoms with Gasteiger partial charge in [0.2, 0.25) is 0 Å². The third-order valence-electron chi connectivity index (χ3n) is 5.55. The molecule has 30 heavy (non-hydrogen) atoms. The van der Waals surface area contributed by atoms with Gasteiger partial charge in [-0.3, -0.25) is 0 Å². The van der Waals surface area contributed by atoms with Crippen molar-refractivity contribution in [2.45, 2.75) is 61.6 Å². The number of aliphatic hydroxyl groups excluding tert-OH is 4. The standard InChI is InChI=1S/C23H29ClO5S/c1-13(23-22(28)21(27)20(26)18(12-25)29-23)5-7-17(24)14(2)10-15-6-8-19-16(11-15)4-3-9-30-19/h5-8,11,18,20-23,25-28H,1,3-4,9-10,12H2,2H3. The van der Waals surface area contributed by atoms with Gasteiger partial charge in [0.05, 0.1) is 6.61 Å². The van der Waals surface area contributed by atoms with E-state index in [0.29, 0.717) is 10.6 Å². The van der Waals surface area contributed by atoms with E-state index in [4.69, 9.17) is 16.3 Å². The van der Waals surface area contributed by atoms with E-state index in [2.05, 4.69) is 24.8 Å². The topological polar surface area (TPSA) is 90.2 Å². The molecule has 0 saturated carbocycles. The maximum absolute atomic E-state index is 10.2. The van der Waals surface area contributed by atoms with E-state index in [-0.39, 0.29) is 0 Å². The Balaban J connectivity index is 1.66. The van der Waals surface area contributed by atoms with Crippen molar-refractivity contribution in [2.24, 2.45) is 0 Å². The van der Waals surface area contributed by atoms with Crippen molar-refractivity contribution in [2.75, 3.05) is 12.4 Å². The van der Waals surface area contributed by atoms with Crippen molar-refractivity contribution in [3.8, 4) is 0 Å². The summed E-state index contributed by atoms with van der Waals surface area (Å²) in [6, 6.07) is 6.58. The number of allylic oxidation sites excluding steroid dienone is 3. The van der Waals surface area contributed by atoms with Crippen molar-refractivity contribution < 1.29 is 25.2 Å². The first-order chi connectivity index (χ1) is 14.3. The quantitative estimate of drug-likeness (QED) is 0.496. The smallest absolute Gasteiger partial charge is 0.113 e. The van der Waals surface area contributed by atoms with Gasteiger partial charge in [-0.15, -0.1) is 11.8 Å². The molecule has 1 aromatic carbocycles. The first kappa shape index (κ1) is 23.5. The van der Waals surface area contributed by atoms with Crippen molar-refractivity contribution in [3.63, 3.8) is 0 Å². The van der Waals surface area contributed by atoms with Crippen LogP contribution in [0.4, 0.5) is 0 Å². The van der Waals surface area contributed by atoms with Crippen molar-refractivity contribution in [3.05, 3.63) is 64.2 Å². The minimum Gasteiger partial charge on any atom is -0.394 e. The zero-order valence-corrected chi connectivity index (χ0v) is 18.6.